The lowest BCUT2D eigenvalue weighted by Crippen LogP contribution is -2.55. The molecule has 0 amide bonds. The van der Waals surface area contributed by atoms with E-state index in [1.807, 2.05) is 49.3 Å². The first-order valence-corrected chi connectivity index (χ1v) is 11.8. The van der Waals surface area contributed by atoms with E-state index in [2.05, 4.69) is 11.6 Å². The second kappa shape index (κ2) is 9.34. The molecule has 0 bridgehead atoms. The maximum atomic E-state index is 13.5. The summed E-state index contributed by atoms with van der Waals surface area (Å²) in [5.41, 5.74) is -3.87. The van der Waals surface area contributed by atoms with Gasteiger partial charge in [-0.15, -0.1) is 0 Å². The fourth-order valence-corrected chi connectivity index (χ4v) is 5.76. The highest BCUT2D eigenvalue weighted by molar-refractivity contribution is 6.30. The number of aromatic nitrogens is 1. The Morgan fingerprint density at radius 1 is 1.25 bits per heavy atom. The van der Waals surface area contributed by atoms with Crippen molar-refractivity contribution in [3.8, 4) is 5.75 Å². The molecule has 0 saturated heterocycles. The molecule has 2 aliphatic rings. The van der Waals surface area contributed by atoms with E-state index in [1.54, 1.807) is 0 Å². The summed E-state index contributed by atoms with van der Waals surface area (Å²) >= 11 is 6.15. The van der Waals surface area contributed by atoms with E-state index in [0.29, 0.717) is 6.54 Å². The number of allylic oxidation sites excluding steroid dienone is 3. The van der Waals surface area contributed by atoms with Gasteiger partial charge in [-0.1, -0.05) is 60.7 Å². The first-order valence-electron chi connectivity index (χ1n) is 11.4. The summed E-state index contributed by atoms with van der Waals surface area (Å²) in [4.78, 5) is 6.18. The number of hydrogen-bond acceptors (Lipinski definition) is 5. The summed E-state index contributed by atoms with van der Waals surface area (Å²) < 4.78 is 46.8. The number of aliphatic hydroxyl groups is 2. The third-order valence-electron chi connectivity index (χ3n) is 7.03. The first kappa shape index (κ1) is 26.4. The largest absolute Gasteiger partial charge is 0.476 e. The number of hydrogen-bond donors (Lipinski definition) is 2. The third-order valence-corrected chi connectivity index (χ3v) is 7.24. The Kier molecular flexibility index (Phi) is 6.85. The van der Waals surface area contributed by atoms with Gasteiger partial charge in [0.05, 0.1) is 16.7 Å². The molecule has 1 fully saturated rings. The topological polar surface area (TPSA) is 65.8 Å². The molecule has 9 heteroatoms. The highest BCUT2D eigenvalue weighted by atomic mass is 35.5. The van der Waals surface area contributed by atoms with Crippen LogP contribution in [-0.4, -0.2) is 58.6 Å². The lowest BCUT2D eigenvalue weighted by atomic mass is 9.71. The third kappa shape index (κ3) is 3.96. The summed E-state index contributed by atoms with van der Waals surface area (Å²) in [5.74, 6) is -1.12. The maximum Gasteiger partial charge on any atom is 0.416 e. The minimum Gasteiger partial charge on any atom is -0.476 e. The molecule has 0 unspecified atom stereocenters. The van der Waals surface area contributed by atoms with Crippen LogP contribution in [0.3, 0.4) is 0 Å². The number of rotatable bonds is 6. The van der Waals surface area contributed by atoms with E-state index in [0.717, 1.165) is 17.7 Å². The minimum atomic E-state index is -4.57. The van der Waals surface area contributed by atoms with Crippen LogP contribution in [0.2, 0.25) is 5.02 Å². The number of halogens is 4. The van der Waals surface area contributed by atoms with Crippen molar-refractivity contribution < 1.29 is 28.1 Å². The van der Waals surface area contributed by atoms with Gasteiger partial charge in [-0.05, 0) is 38.2 Å². The van der Waals surface area contributed by atoms with Crippen molar-refractivity contribution in [2.75, 3.05) is 20.6 Å². The highest BCUT2D eigenvalue weighted by Gasteiger charge is 2.76. The predicted molar refractivity (Wildman–Crippen MR) is 132 cm³/mol. The lowest BCUT2D eigenvalue weighted by Gasteiger charge is -2.40. The Morgan fingerprint density at radius 2 is 1.92 bits per heavy atom. The molecular weight excluding hydrogens is 493 g/mol. The standard InChI is InChI=1S/C27H28ClF3N2O3/c1-5-18(27(29,30)31)12-11-16(2)26-22(17-9-7-6-8-10-17)20(15-33(3)4)24(34)25(26,35)23-21(36-26)13-19(28)14-32-23/h5-14,20,22,24,34-35H,2,15H2,1,3-4H3/b12-11-,18-5+/t20-,22-,24-,25+,26+/m1/s1. The van der Waals surface area contributed by atoms with Gasteiger partial charge in [-0.25, -0.2) is 0 Å². The fraction of sp³-hybridized carbons (Fsp3) is 0.370. The van der Waals surface area contributed by atoms with Crippen LogP contribution in [0.25, 0.3) is 0 Å². The van der Waals surface area contributed by atoms with Crippen molar-refractivity contribution in [3.63, 3.8) is 0 Å². The molecule has 0 spiro atoms. The molecule has 1 aromatic heterocycles. The Balaban J connectivity index is 1.97. The average molecular weight is 521 g/mol. The molecule has 1 saturated carbocycles. The van der Waals surface area contributed by atoms with E-state index in [9.17, 15) is 23.4 Å². The van der Waals surface area contributed by atoms with Crippen LogP contribution in [0, 0.1) is 5.92 Å². The van der Waals surface area contributed by atoms with Crippen LogP contribution in [0.4, 0.5) is 13.2 Å². The van der Waals surface area contributed by atoms with Gasteiger partial charge in [0.2, 0.25) is 0 Å². The van der Waals surface area contributed by atoms with Crippen molar-refractivity contribution in [2.24, 2.45) is 5.92 Å². The normalized spacial score (nSPS) is 29.9. The van der Waals surface area contributed by atoms with Crippen molar-refractivity contribution >= 4 is 11.6 Å². The van der Waals surface area contributed by atoms with E-state index in [1.165, 1.54) is 25.3 Å². The summed E-state index contributed by atoms with van der Waals surface area (Å²) in [5, 5.41) is 24.3. The van der Waals surface area contributed by atoms with E-state index >= 15 is 0 Å². The van der Waals surface area contributed by atoms with Gasteiger partial charge in [0.25, 0.3) is 0 Å². The van der Waals surface area contributed by atoms with Gasteiger partial charge >= 0.3 is 6.18 Å². The second-order valence-electron chi connectivity index (χ2n) is 9.46. The van der Waals surface area contributed by atoms with E-state index in [4.69, 9.17) is 16.3 Å². The van der Waals surface area contributed by atoms with Crippen molar-refractivity contribution in [3.05, 3.63) is 94.8 Å². The number of fused-ring (bicyclic) bond motifs is 3. The van der Waals surface area contributed by atoms with Gasteiger partial charge in [-0.3, -0.25) is 4.98 Å². The Bertz CT molecular complexity index is 1210. The molecule has 2 aromatic rings. The molecule has 5 atom stereocenters. The van der Waals surface area contributed by atoms with Gasteiger partial charge < -0.3 is 19.8 Å². The zero-order chi connectivity index (χ0) is 26.5. The van der Waals surface area contributed by atoms with Gasteiger partial charge in [0.15, 0.2) is 11.2 Å². The summed E-state index contributed by atoms with van der Waals surface area (Å²) in [7, 11) is 3.67. The first-order chi connectivity index (χ1) is 16.9. The van der Waals surface area contributed by atoms with Crippen molar-refractivity contribution in [2.45, 2.75) is 36.3 Å². The van der Waals surface area contributed by atoms with Gasteiger partial charge in [0, 0.05) is 30.6 Å². The molecular formula is C27H28ClF3N2O3. The maximum absolute atomic E-state index is 13.5. The van der Waals surface area contributed by atoms with Crippen LogP contribution in [0.5, 0.6) is 5.75 Å². The van der Waals surface area contributed by atoms with Gasteiger partial charge in [0.1, 0.15) is 11.4 Å². The summed E-state index contributed by atoms with van der Waals surface area (Å²) in [6, 6.07) is 10.6. The fourth-order valence-electron chi connectivity index (χ4n) is 5.61. The van der Waals surface area contributed by atoms with Crippen LogP contribution in [0.15, 0.2) is 78.5 Å². The van der Waals surface area contributed by atoms with E-state index in [-0.39, 0.29) is 22.0 Å². The average Bonchev–Trinajstić information content (AvgIpc) is 3.16. The molecule has 1 aliphatic heterocycles. The highest BCUT2D eigenvalue weighted by Crippen LogP contribution is 2.66. The van der Waals surface area contributed by atoms with Crippen LogP contribution in [0.1, 0.15) is 24.1 Å². The monoisotopic (exact) mass is 520 g/mol. The van der Waals surface area contributed by atoms with Crippen LogP contribution in [-0.2, 0) is 5.60 Å². The quantitative estimate of drug-likeness (QED) is 0.524. The van der Waals surface area contributed by atoms with Crippen molar-refractivity contribution in [1.82, 2.24) is 9.88 Å². The minimum absolute atomic E-state index is 0.0666. The summed E-state index contributed by atoms with van der Waals surface area (Å²) in [6.07, 6.45) is -1.57. The molecule has 2 N–H and O–H groups in total. The Labute approximate surface area is 213 Å². The molecule has 192 valence electrons. The van der Waals surface area contributed by atoms with Crippen molar-refractivity contribution in [1.29, 1.82) is 0 Å². The number of ether oxygens (including phenoxy) is 1. The molecule has 5 nitrogen and oxygen atoms in total. The smallest absolute Gasteiger partial charge is 0.416 e. The zero-order valence-electron chi connectivity index (χ0n) is 20.1. The molecule has 4 rings (SSSR count). The second-order valence-corrected chi connectivity index (χ2v) is 9.90. The number of nitrogens with zero attached hydrogens (tertiary/aromatic N) is 2. The molecule has 0 radical (unpaired) electrons. The molecule has 36 heavy (non-hydrogen) atoms. The number of benzene rings is 1. The number of aliphatic hydroxyl groups excluding tert-OH is 1. The molecule has 1 aromatic carbocycles. The Morgan fingerprint density at radius 3 is 2.50 bits per heavy atom. The zero-order valence-corrected chi connectivity index (χ0v) is 20.9. The molecule has 2 heterocycles. The molecule has 1 aliphatic carbocycles. The summed E-state index contributed by atoms with van der Waals surface area (Å²) in [6.45, 7) is 5.73. The van der Waals surface area contributed by atoms with Crippen LogP contribution >= 0.6 is 11.6 Å². The number of pyridine rings is 1. The predicted octanol–water partition coefficient (Wildman–Crippen LogP) is 5.01. The Hall–Kier alpha value is -2.65. The SMILES string of the molecule is C=C(/C=C\C(=C/C)C(F)(F)F)[C@@]12Oc3cc(Cl)cnc3[C@]1(O)[C@H](O)[C@H](CN(C)C)[C@H]2c1ccccc1. The van der Waals surface area contributed by atoms with E-state index < -0.39 is 40.9 Å². The number of alkyl halides is 3. The lowest BCUT2D eigenvalue weighted by molar-refractivity contribution is -0.132. The van der Waals surface area contributed by atoms with Gasteiger partial charge in [-0.2, -0.15) is 13.2 Å². The van der Waals surface area contributed by atoms with Crippen LogP contribution < -0.4 is 4.74 Å².